The third kappa shape index (κ3) is 5.16. The van der Waals surface area contributed by atoms with E-state index < -0.39 is 0 Å². The smallest absolute Gasteiger partial charge is 0.276 e. The summed E-state index contributed by atoms with van der Waals surface area (Å²) >= 11 is 0. The highest BCUT2D eigenvalue weighted by Gasteiger charge is 2.29. The van der Waals surface area contributed by atoms with Crippen molar-refractivity contribution in [3.05, 3.63) is 83.9 Å². The Bertz CT molecular complexity index is 1530. The molecule has 3 heterocycles. The number of nitrogens with zero attached hydrogens (tertiary/aromatic N) is 4. The van der Waals surface area contributed by atoms with Crippen LogP contribution >= 0.6 is 0 Å². The summed E-state index contributed by atoms with van der Waals surface area (Å²) in [5, 5.41) is 14.0. The molecule has 2 fully saturated rings. The molecule has 0 aliphatic heterocycles. The Morgan fingerprint density at radius 1 is 0.868 bits per heavy atom. The highest BCUT2D eigenvalue weighted by atomic mass is 16.2. The minimum absolute atomic E-state index is 0.0200. The van der Waals surface area contributed by atoms with Crippen molar-refractivity contribution in [1.29, 1.82) is 0 Å². The van der Waals surface area contributed by atoms with Gasteiger partial charge >= 0.3 is 0 Å². The number of amides is 2. The van der Waals surface area contributed by atoms with Crippen molar-refractivity contribution in [2.24, 2.45) is 5.92 Å². The van der Waals surface area contributed by atoms with Gasteiger partial charge < -0.3 is 10.6 Å². The first-order valence-electron chi connectivity index (χ1n) is 13.0. The summed E-state index contributed by atoms with van der Waals surface area (Å²) in [6, 6.07) is 15.4. The van der Waals surface area contributed by atoms with Crippen molar-refractivity contribution < 1.29 is 9.59 Å². The molecule has 0 spiro atoms. The Hall–Kier alpha value is -4.46. The summed E-state index contributed by atoms with van der Waals surface area (Å²) in [6.45, 7) is 2.03. The van der Waals surface area contributed by atoms with Crippen molar-refractivity contribution in [3.63, 3.8) is 0 Å². The number of pyridine rings is 2. The van der Waals surface area contributed by atoms with E-state index in [0.717, 1.165) is 59.2 Å². The van der Waals surface area contributed by atoms with Crippen molar-refractivity contribution >= 4 is 23.3 Å². The number of hydrogen-bond donors (Lipinski definition) is 2. The molecule has 2 aliphatic carbocycles. The van der Waals surface area contributed by atoms with Crippen LogP contribution in [0.5, 0.6) is 0 Å². The molecule has 2 aliphatic rings. The first kappa shape index (κ1) is 23.9. The van der Waals surface area contributed by atoms with Gasteiger partial charge in [0.25, 0.3) is 5.91 Å². The minimum atomic E-state index is -0.276. The van der Waals surface area contributed by atoms with E-state index in [1.54, 1.807) is 18.6 Å². The summed E-state index contributed by atoms with van der Waals surface area (Å²) in [5.41, 5.74) is 6.73. The maximum Gasteiger partial charge on any atom is 0.276 e. The van der Waals surface area contributed by atoms with Crippen LogP contribution in [-0.4, -0.2) is 32.0 Å². The summed E-state index contributed by atoms with van der Waals surface area (Å²) in [7, 11) is 0. The monoisotopic (exact) mass is 504 g/mol. The summed E-state index contributed by atoms with van der Waals surface area (Å²) < 4.78 is 0. The second-order valence-corrected chi connectivity index (χ2v) is 10.1. The topological polar surface area (TPSA) is 110 Å². The van der Waals surface area contributed by atoms with E-state index in [1.165, 1.54) is 6.42 Å². The molecule has 1 aromatic carbocycles. The van der Waals surface area contributed by atoms with Gasteiger partial charge in [-0.2, -0.15) is 5.10 Å². The lowest BCUT2D eigenvalue weighted by molar-refractivity contribution is -0.117. The van der Waals surface area contributed by atoms with E-state index in [0.29, 0.717) is 23.1 Å². The molecular weight excluding hydrogens is 476 g/mol. The van der Waals surface area contributed by atoms with Crippen LogP contribution in [0, 0.1) is 12.8 Å². The number of nitrogens with one attached hydrogen (secondary N) is 2. The Kier molecular flexibility index (Phi) is 6.37. The van der Waals surface area contributed by atoms with E-state index in [-0.39, 0.29) is 17.7 Å². The van der Waals surface area contributed by atoms with Gasteiger partial charge in [-0.3, -0.25) is 14.6 Å². The average molecular weight is 505 g/mol. The first-order valence-corrected chi connectivity index (χ1v) is 13.0. The van der Waals surface area contributed by atoms with Crippen LogP contribution < -0.4 is 10.6 Å². The highest BCUT2D eigenvalue weighted by Crippen LogP contribution is 2.36. The molecule has 0 bridgehead atoms. The van der Waals surface area contributed by atoms with Crippen LogP contribution in [0.2, 0.25) is 0 Å². The molecule has 0 saturated heterocycles. The Balaban J connectivity index is 1.23. The van der Waals surface area contributed by atoms with E-state index in [1.807, 2.05) is 55.5 Å². The Morgan fingerprint density at radius 2 is 1.68 bits per heavy atom. The van der Waals surface area contributed by atoms with E-state index in [2.05, 4.69) is 30.8 Å². The predicted molar refractivity (Wildman–Crippen MR) is 146 cm³/mol. The third-order valence-electron chi connectivity index (χ3n) is 7.31. The van der Waals surface area contributed by atoms with Crippen LogP contribution in [0.25, 0.3) is 22.4 Å². The standard InChI is InChI=1S/C30H28N6O2/c1-18-5-8-24(34-30(38)27-14-23(17-33-36-27)19-3-2-4-19)16-25(18)21-9-11-31-26(13-21)22-10-12-32-28(15-22)35-29(37)20-6-7-20/h5,8-17,19-20H,2-4,6-7H2,1H3,(H,34,38)(H,32,35,37). The molecule has 6 rings (SSSR count). The minimum Gasteiger partial charge on any atom is -0.321 e. The van der Waals surface area contributed by atoms with E-state index in [9.17, 15) is 9.59 Å². The normalized spacial score (nSPS) is 15.0. The van der Waals surface area contributed by atoms with Crippen LogP contribution in [0.3, 0.4) is 0 Å². The zero-order chi connectivity index (χ0) is 26.1. The summed E-state index contributed by atoms with van der Waals surface area (Å²) in [6.07, 6.45) is 10.6. The zero-order valence-electron chi connectivity index (χ0n) is 21.1. The van der Waals surface area contributed by atoms with Crippen LogP contribution in [0.15, 0.2) is 67.1 Å². The second kappa shape index (κ2) is 10.1. The molecule has 2 amide bonds. The predicted octanol–water partition coefficient (Wildman–Crippen LogP) is 5.78. The van der Waals surface area contributed by atoms with Gasteiger partial charge in [-0.25, -0.2) is 4.98 Å². The summed E-state index contributed by atoms with van der Waals surface area (Å²) in [4.78, 5) is 34.0. The van der Waals surface area contributed by atoms with E-state index >= 15 is 0 Å². The van der Waals surface area contributed by atoms with Crippen molar-refractivity contribution in [2.45, 2.75) is 44.9 Å². The molecule has 0 atom stereocenters. The fourth-order valence-corrected chi connectivity index (χ4v) is 4.65. The number of rotatable bonds is 7. The molecule has 2 saturated carbocycles. The molecule has 0 unspecified atom stereocenters. The lowest BCUT2D eigenvalue weighted by Gasteiger charge is -2.25. The number of carbonyl (C=O) groups excluding carboxylic acids is 2. The lowest BCUT2D eigenvalue weighted by Crippen LogP contribution is -2.16. The van der Waals surface area contributed by atoms with Crippen molar-refractivity contribution in [3.8, 4) is 22.4 Å². The third-order valence-corrected chi connectivity index (χ3v) is 7.31. The number of benzene rings is 1. The number of anilines is 2. The maximum atomic E-state index is 13.0. The van der Waals surface area contributed by atoms with Gasteiger partial charge in [-0.1, -0.05) is 12.5 Å². The number of aryl methyl sites for hydroxylation is 1. The first-order chi connectivity index (χ1) is 18.5. The van der Waals surface area contributed by atoms with Gasteiger partial charge in [0, 0.05) is 29.6 Å². The van der Waals surface area contributed by atoms with Crippen LogP contribution in [0.1, 0.15) is 59.6 Å². The highest BCUT2D eigenvalue weighted by molar-refractivity contribution is 6.03. The van der Waals surface area contributed by atoms with Gasteiger partial charge in [0.05, 0.1) is 11.9 Å². The SMILES string of the molecule is Cc1ccc(NC(=O)c2cc(C3CCC3)cnn2)cc1-c1ccnc(-c2ccnc(NC(=O)C3CC3)c2)c1. The van der Waals surface area contributed by atoms with E-state index in [4.69, 9.17) is 0 Å². The average Bonchev–Trinajstić information content (AvgIpc) is 3.75. The number of hydrogen-bond acceptors (Lipinski definition) is 6. The van der Waals surface area contributed by atoms with Crippen LogP contribution in [0.4, 0.5) is 11.5 Å². The molecule has 3 aromatic heterocycles. The summed E-state index contributed by atoms with van der Waals surface area (Å²) in [5.74, 6) is 0.858. The number of aromatic nitrogens is 4. The van der Waals surface area contributed by atoms with Crippen molar-refractivity contribution in [2.75, 3.05) is 10.6 Å². The van der Waals surface area contributed by atoms with Crippen molar-refractivity contribution in [1.82, 2.24) is 20.2 Å². The van der Waals surface area contributed by atoms with Gasteiger partial charge in [0.2, 0.25) is 5.91 Å². The molecule has 38 heavy (non-hydrogen) atoms. The fourth-order valence-electron chi connectivity index (χ4n) is 4.65. The van der Waals surface area contributed by atoms with Gasteiger partial charge in [-0.05, 0) is 103 Å². The van der Waals surface area contributed by atoms with Gasteiger partial charge in [0.15, 0.2) is 5.69 Å². The van der Waals surface area contributed by atoms with Gasteiger partial charge in [-0.15, -0.1) is 5.10 Å². The molecule has 190 valence electrons. The Labute approximate surface area is 221 Å². The van der Waals surface area contributed by atoms with Crippen LogP contribution in [-0.2, 0) is 4.79 Å². The maximum absolute atomic E-state index is 13.0. The lowest BCUT2D eigenvalue weighted by atomic mass is 9.81. The molecule has 0 radical (unpaired) electrons. The largest absolute Gasteiger partial charge is 0.321 e. The molecule has 8 nitrogen and oxygen atoms in total. The molecule has 2 N–H and O–H groups in total. The quantitative estimate of drug-likeness (QED) is 0.330. The Morgan fingerprint density at radius 3 is 2.47 bits per heavy atom. The molecule has 4 aromatic rings. The number of carbonyl (C=O) groups is 2. The fraction of sp³-hybridized carbons (Fsp3) is 0.267. The van der Waals surface area contributed by atoms with Gasteiger partial charge in [0.1, 0.15) is 5.82 Å². The molecular formula is C30H28N6O2. The zero-order valence-corrected chi connectivity index (χ0v) is 21.1. The molecule has 8 heteroatoms. The second-order valence-electron chi connectivity index (χ2n) is 10.1.